The highest BCUT2D eigenvalue weighted by Gasteiger charge is 2.66. The van der Waals surface area contributed by atoms with Gasteiger partial charge in [0, 0.05) is 56.9 Å². The smallest absolute Gasteiger partial charge is 0.223 e. The largest absolute Gasteiger partial charge is 0.834 e. The number of carboxylic acid groups (broad SMARTS) is 1. The summed E-state index contributed by atoms with van der Waals surface area (Å²) in [4.78, 5) is 13.1. The molecule has 52 heteroatoms. The molecule has 0 aromatic rings. The monoisotopic (exact) mass is 1450 g/mol. The van der Waals surface area contributed by atoms with Gasteiger partial charge in [-0.3, -0.25) is 25.1 Å². The third-order valence-corrected chi connectivity index (χ3v) is 16.7. The predicted octanol–water partition coefficient (Wildman–Crippen LogP) is -11.3. The molecule has 11 unspecified atom stereocenters. The zero-order valence-corrected chi connectivity index (χ0v) is 52.5. The van der Waals surface area contributed by atoms with Crippen molar-refractivity contribution in [3.8, 4) is 0 Å². The van der Waals surface area contributed by atoms with Gasteiger partial charge in [-0.05, 0) is 6.79 Å². The maximum atomic E-state index is 13.1. The molecule has 7 saturated heterocycles. The first-order valence-corrected chi connectivity index (χ1v) is 33.1. The Bertz CT molecular complexity index is 3080. The number of rotatable bonds is 34. The van der Waals surface area contributed by atoms with Crippen LogP contribution < -0.4 is 10.2 Å². The first-order chi connectivity index (χ1) is 42.2. The van der Waals surface area contributed by atoms with Crippen LogP contribution in [0.5, 0.6) is 0 Å². The number of hydrogen-bond donors (Lipinski definition) is 0. The molecule has 7 rings (SSSR count). The summed E-state index contributed by atoms with van der Waals surface area (Å²) in [5.74, 6) is -5.17. The van der Waals surface area contributed by atoms with Gasteiger partial charge in [0.05, 0.1) is 25.8 Å². The van der Waals surface area contributed by atoms with Gasteiger partial charge in [-0.15, -0.1) is 0 Å². The van der Waals surface area contributed by atoms with Gasteiger partial charge in [0.2, 0.25) is 68.2 Å². The van der Waals surface area contributed by atoms with Gasteiger partial charge in [0.25, 0.3) is 0 Å². The lowest BCUT2D eigenvalue weighted by molar-refractivity contribution is -0.529. The van der Waals surface area contributed by atoms with Gasteiger partial charge in [-0.1, -0.05) is 0 Å². The number of aliphatic carboxylic acids is 1. The molecule has 46 nitrogen and oxygen atoms in total. The highest BCUT2D eigenvalue weighted by Crippen LogP contribution is 2.46. The summed E-state index contributed by atoms with van der Waals surface area (Å²) >= 11 is 0. The molecule has 0 N–H and O–H groups in total. The molecule has 0 amide bonds. The third kappa shape index (κ3) is 20.0. The second-order valence-electron chi connectivity index (χ2n) is 19.2. The fourth-order valence-electron chi connectivity index (χ4n) is 10.6. The summed E-state index contributed by atoms with van der Waals surface area (Å²) in [7, 11) is -27.8. The van der Waals surface area contributed by atoms with Crippen LogP contribution in [0.2, 0.25) is 0 Å². The van der Waals surface area contributed by atoms with Crippen LogP contribution in [0.4, 0.5) is 0 Å². The van der Waals surface area contributed by atoms with Gasteiger partial charge in [0.15, 0.2) is 43.7 Å². The van der Waals surface area contributed by atoms with Gasteiger partial charge in [-0.25, -0.2) is 50.5 Å². The Hall–Kier alpha value is -2.11. The van der Waals surface area contributed by atoms with Crippen molar-refractivity contribution in [2.75, 3.05) is 90.1 Å². The van der Waals surface area contributed by atoms with E-state index in [2.05, 4.69) is 25.1 Å². The van der Waals surface area contributed by atoms with E-state index in [-0.39, 0.29) is 0 Å². The summed E-state index contributed by atoms with van der Waals surface area (Å²) in [5.41, 5.74) is 0. The molecular weight excluding hydrogens is 1400 g/mol. The summed E-state index contributed by atoms with van der Waals surface area (Å²) in [6.07, 6.45) is -52.1. The minimum atomic E-state index is -6.40. The number of carbonyl (C=O) groups excluding carboxylic acids is 1. The topological polar surface area (TPSA) is 637 Å². The van der Waals surface area contributed by atoms with E-state index in [1.54, 1.807) is 0 Å². The predicted molar refractivity (Wildman–Crippen MR) is 256 cm³/mol. The van der Waals surface area contributed by atoms with Crippen LogP contribution in [-0.4, -0.2) is 327 Å². The van der Waals surface area contributed by atoms with Crippen LogP contribution in [0.15, 0.2) is 0 Å². The Balaban J connectivity index is 1.41. The van der Waals surface area contributed by atoms with Gasteiger partial charge in [-0.2, -0.15) is 0 Å². The van der Waals surface area contributed by atoms with Crippen LogP contribution in [0.25, 0.3) is 0 Å². The quantitative estimate of drug-likeness (QED) is 0.0328. The van der Waals surface area contributed by atoms with E-state index in [1.165, 1.54) is 0 Å². The van der Waals surface area contributed by atoms with E-state index in [1.807, 2.05) is 0 Å². The van der Waals surface area contributed by atoms with E-state index in [0.29, 0.717) is 0 Å². The van der Waals surface area contributed by atoms with Crippen LogP contribution in [-0.2, 0) is 182 Å². The second-order valence-corrected chi connectivity index (χ2v) is 25.4. The Morgan fingerprint density at radius 2 is 0.769 bits per heavy atom. The molecule has 7 aliphatic heterocycles. The molecule has 91 heavy (non-hydrogen) atoms. The zero-order valence-electron chi connectivity index (χ0n) is 47.6. The third-order valence-electron chi connectivity index (χ3n) is 14.0. The van der Waals surface area contributed by atoms with Gasteiger partial charge in [0.1, 0.15) is 110 Å². The fraction of sp³-hybridized carbons (Fsp3) is 0.974. The van der Waals surface area contributed by atoms with E-state index < -0.39 is 255 Å². The van der Waals surface area contributed by atoms with Crippen molar-refractivity contribution in [1.82, 2.24) is 0 Å². The van der Waals surface area contributed by atoms with Crippen molar-refractivity contribution < 1.29 is 208 Å². The number of fused-ring (bicyclic) bond motifs is 3. The lowest BCUT2D eigenvalue weighted by Gasteiger charge is -2.58. The minimum absolute atomic E-state index is 0.850. The van der Waals surface area contributed by atoms with Crippen molar-refractivity contribution in [2.45, 2.75) is 153 Å². The molecule has 7 fully saturated rings. The SMILES string of the molecule is COC1C(OC)[C@H](OC)[C@H](COS(=O)(=O)[O-])O[C@@H]1O[C@H]1C(OC)C(OC)[C@H](OC2C(COS(=O)(=O)[O-])O[C@@H](OC3[C@@H](OC)[C@H]4OCC3(OC[O-])O[C@H]4O[C@H]3C(OC)C(OS(=O)(=O)[O-])[C@@H](OC)O[C@H]3COS(=O)(=O)[O-])C(OS(=O)(=O)[O-])[C@H]2OS(=O)(=O)[O-])O[C@H]1C(=O)[O-]. The first kappa shape index (κ1) is 77.9. The Labute approximate surface area is 517 Å². The molecule has 0 spiro atoms. The van der Waals surface area contributed by atoms with Gasteiger partial charge >= 0.3 is 0 Å². The van der Waals surface area contributed by atoms with Crippen LogP contribution in [0.3, 0.4) is 0 Å². The molecule has 7 aliphatic rings. The summed E-state index contributed by atoms with van der Waals surface area (Å²) in [6.45, 7) is -6.93. The Morgan fingerprint density at radius 1 is 0.407 bits per heavy atom. The van der Waals surface area contributed by atoms with E-state index in [0.717, 1.165) is 56.9 Å². The standard InChI is InChI=1S/C39H65O46S6/c1-61-17-14(9-71-86(43,44)45)75-35(27(66-6)20(17)62-2)79-23-22(64-4)28(67-7)36(80-26(23)33(41)42)77-19-16(11-73-88(49,50)51)76-37(31(85-91(58,59)60)24(19)83-89(52,53)54)81-32-25(65-5)29-38(82-39(32,12-69-29)70-13-40)78-18-15(10-72-87(46,47)48)74-34(68-8)30(21(18)63-3)84-90(55,56)57/h14-32,34-38H,9-13H2,1-8H3,(H,41,42)(H,43,44,45)(H,46,47,48)(H,49,50,51)(H,52,53,54)(H,55,56,57)(H,58,59,60)/q-1/p-7/t14-,15-,16?,17+,18+,19?,20?,21?,22?,23-,24-,25-,26+,27?,28?,29+,30?,31?,32?,34-,35+,36+,37-,38+,39?/m0/s1. The van der Waals surface area contributed by atoms with Crippen molar-refractivity contribution >= 4 is 68.4 Å². The van der Waals surface area contributed by atoms with Crippen LogP contribution >= 0.6 is 0 Å². The molecule has 0 aromatic heterocycles. The molecular formula is C39H58O46S6-8. The summed E-state index contributed by atoms with van der Waals surface area (Å²) in [5, 5.41) is 25.6. The molecule has 25 atom stereocenters. The Kier molecular flexibility index (Phi) is 27.1. The molecule has 0 aromatic carbocycles. The molecule has 534 valence electrons. The molecule has 7 heterocycles. The highest BCUT2D eigenvalue weighted by molar-refractivity contribution is 7.82. The van der Waals surface area contributed by atoms with Crippen LogP contribution in [0, 0.1) is 0 Å². The van der Waals surface area contributed by atoms with Crippen molar-refractivity contribution in [1.29, 1.82) is 0 Å². The fourth-order valence-corrected chi connectivity index (χ4v) is 13.0. The van der Waals surface area contributed by atoms with E-state index in [9.17, 15) is 92.8 Å². The van der Waals surface area contributed by atoms with Gasteiger partial charge < -0.3 is 132 Å². The number of ether oxygens (including phenoxy) is 19. The lowest BCUT2D eigenvalue weighted by Crippen LogP contribution is -2.76. The van der Waals surface area contributed by atoms with Crippen molar-refractivity contribution in [2.24, 2.45) is 0 Å². The average Bonchev–Trinajstić information content (AvgIpc) is 0.881. The van der Waals surface area contributed by atoms with Crippen molar-refractivity contribution in [3.05, 3.63) is 0 Å². The summed E-state index contributed by atoms with van der Waals surface area (Å²) < 4.78 is 352. The Morgan fingerprint density at radius 3 is 1.19 bits per heavy atom. The number of carbonyl (C=O) groups is 1. The van der Waals surface area contributed by atoms with Crippen molar-refractivity contribution in [3.63, 3.8) is 0 Å². The maximum Gasteiger partial charge on any atom is 0.223 e. The number of carboxylic acids is 1. The maximum absolute atomic E-state index is 13.1. The lowest BCUT2D eigenvalue weighted by atomic mass is 9.91. The summed E-state index contributed by atoms with van der Waals surface area (Å²) in [6, 6.07) is 0. The van der Waals surface area contributed by atoms with E-state index in [4.69, 9.17) is 90.0 Å². The zero-order chi connectivity index (χ0) is 68.1. The number of hydrogen-bond acceptors (Lipinski definition) is 46. The molecule has 0 aliphatic carbocycles. The highest BCUT2D eigenvalue weighted by atomic mass is 32.3. The minimum Gasteiger partial charge on any atom is -0.834 e. The van der Waals surface area contributed by atoms with E-state index >= 15 is 0 Å². The molecule has 0 radical (unpaired) electrons. The van der Waals surface area contributed by atoms with Crippen LogP contribution in [0.1, 0.15) is 0 Å². The second kappa shape index (κ2) is 31.6. The molecule has 2 bridgehead atoms. The number of methoxy groups -OCH3 is 8. The average molecular weight is 1460 g/mol. The molecule has 0 saturated carbocycles. The normalized spacial score (nSPS) is 39.6. The first-order valence-electron chi connectivity index (χ1n) is 25.1.